The second-order valence-electron chi connectivity index (χ2n) is 5.37. The summed E-state index contributed by atoms with van der Waals surface area (Å²) in [6.45, 7) is 6.14. The molecule has 0 radical (unpaired) electrons. The minimum atomic E-state index is -4.64. The Kier molecular flexibility index (Phi) is 7.60. The quantitative estimate of drug-likeness (QED) is 0.582. The Balaban J connectivity index is 0.000000463. The lowest BCUT2D eigenvalue weighted by molar-refractivity contribution is 0.107. The topological polar surface area (TPSA) is 94.8 Å². The van der Waals surface area contributed by atoms with Crippen molar-refractivity contribution in [3.05, 3.63) is 64.7 Å². The molecule has 2 aromatic rings. The second kappa shape index (κ2) is 8.73. The molecule has 0 heterocycles. The highest BCUT2D eigenvalue weighted by atomic mass is 31.2. The number of phosphoric acid groups is 1. The Labute approximate surface area is 145 Å². The summed E-state index contributed by atoms with van der Waals surface area (Å²) in [4.78, 5) is 34.0. The minimum absolute atomic E-state index is 0.344. The third-order valence-corrected chi connectivity index (χ3v) is 4.72. The fraction of sp³-hybridized carbons (Fsp3) is 0.188. The first-order valence-corrected chi connectivity index (χ1v) is 9.99. The average molecular weight is 347 g/mol. The third-order valence-electron chi connectivity index (χ3n) is 3.16. The van der Waals surface area contributed by atoms with Gasteiger partial charge in [0.2, 0.25) is 0 Å². The van der Waals surface area contributed by atoms with Crippen molar-refractivity contribution in [1.29, 1.82) is 0 Å². The molecule has 0 unspecified atom stereocenters. The van der Waals surface area contributed by atoms with Crippen molar-refractivity contribution in [3.63, 3.8) is 0 Å². The van der Waals surface area contributed by atoms with E-state index in [0.717, 1.165) is 16.7 Å². The summed E-state index contributed by atoms with van der Waals surface area (Å²) in [7, 11) is -4.64. The summed E-state index contributed by atoms with van der Waals surface area (Å²) in [5.74, 6) is 0. The van der Waals surface area contributed by atoms with Crippen LogP contribution in [0.25, 0.3) is 0 Å². The van der Waals surface area contributed by atoms with Crippen molar-refractivity contribution in [2.24, 2.45) is 0 Å². The molecule has 0 aliphatic heterocycles. The average Bonchev–Trinajstić information content (AvgIpc) is 2.36. The summed E-state index contributed by atoms with van der Waals surface area (Å²) in [5, 5.41) is 0. The Morgan fingerprint density at radius 3 is 1.83 bits per heavy atom. The Morgan fingerprint density at radius 1 is 0.957 bits per heavy atom. The van der Waals surface area contributed by atoms with E-state index in [0.29, 0.717) is 3.91 Å². The molecule has 2 aromatic carbocycles. The van der Waals surface area contributed by atoms with Gasteiger partial charge in [-0.05, 0) is 37.5 Å². The molecule has 7 heteroatoms. The van der Waals surface area contributed by atoms with E-state index in [1.165, 1.54) is 9.26 Å². The minimum Gasteiger partial charge on any atom is -0.330 e. The lowest BCUT2D eigenvalue weighted by atomic mass is 10.0. The van der Waals surface area contributed by atoms with Gasteiger partial charge in [0.1, 0.15) is 0 Å². The van der Waals surface area contributed by atoms with Crippen LogP contribution in [0.5, 0.6) is 0 Å². The normalized spacial score (nSPS) is 10.3. The van der Waals surface area contributed by atoms with Gasteiger partial charge < -0.3 is 19.5 Å². The molecular weight excluding hydrogens is 327 g/mol. The van der Waals surface area contributed by atoms with Gasteiger partial charge in [-0.25, -0.2) is 4.57 Å². The Morgan fingerprint density at radius 2 is 1.39 bits per heavy atom. The first-order valence-electron chi connectivity index (χ1n) is 7.01. The SMILES string of the molecule is Cc1cc(C)c([C](=O)[Mg][c]2ccccc2)c(C)c1.O=P(O)(O)O. The predicted molar refractivity (Wildman–Crippen MR) is 91.1 cm³/mol. The zero-order valence-electron chi connectivity index (χ0n) is 13.4. The highest BCUT2D eigenvalue weighted by Crippen LogP contribution is 2.25. The molecule has 0 saturated carbocycles. The molecule has 5 nitrogen and oxygen atoms in total. The summed E-state index contributed by atoms with van der Waals surface area (Å²) in [6, 6.07) is 14.3. The number of rotatable bonds is 3. The van der Waals surface area contributed by atoms with Gasteiger partial charge >= 0.3 is 28.2 Å². The van der Waals surface area contributed by atoms with E-state index in [1.807, 2.05) is 32.0 Å². The number of aryl methyl sites for hydroxylation is 3. The molecule has 0 aromatic heterocycles. The number of carbonyl (C=O) groups excluding carboxylic acids is 1. The fourth-order valence-corrected chi connectivity index (χ4v) is 4.10. The van der Waals surface area contributed by atoms with Crippen LogP contribution >= 0.6 is 7.82 Å². The summed E-state index contributed by atoms with van der Waals surface area (Å²) in [5.41, 5.74) is 4.39. The monoisotopic (exact) mass is 346 g/mol. The van der Waals surface area contributed by atoms with Gasteiger partial charge in [-0.3, -0.25) is 0 Å². The second-order valence-corrected chi connectivity index (χ2v) is 8.21. The van der Waals surface area contributed by atoms with Crippen LogP contribution in [-0.4, -0.2) is 39.0 Å². The van der Waals surface area contributed by atoms with Crippen molar-refractivity contribution in [2.75, 3.05) is 0 Å². The molecule has 0 aliphatic rings. The zero-order valence-corrected chi connectivity index (χ0v) is 15.7. The standard InChI is InChI=1S/C10H11O.C6H5.Mg.H3O4P/c1-7-4-8(2)10(6-11)9(3)5-7;1-2-4-6-5-3-1;;1-5(2,3)4/h4-5H,1-3H3;1-5H;;(H3,1,2,3,4). The molecule has 0 bridgehead atoms. The van der Waals surface area contributed by atoms with Crippen LogP contribution in [0.2, 0.25) is 0 Å². The lowest BCUT2D eigenvalue weighted by Crippen LogP contribution is -2.24. The van der Waals surface area contributed by atoms with E-state index in [4.69, 9.17) is 19.2 Å². The number of hydrogen-bond acceptors (Lipinski definition) is 2. The van der Waals surface area contributed by atoms with Crippen LogP contribution < -0.4 is 3.69 Å². The smallest absolute Gasteiger partial charge is 0.330 e. The zero-order chi connectivity index (χ0) is 17.6. The van der Waals surface area contributed by atoms with Crippen LogP contribution in [0.3, 0.4) is 0 Å². The molecule has 120 valence electrons. The third kappa shape index (κ3) is 7.88. The van der Waals surface area contributed by atoms with Gasteiger partial charge in [-0.1, -0.05) is 48.0 Å². The predicted octanol–water partition coefficient (Wildman–Crippen LogP) is 1.85. The molecule has 3 N–H and O–H groups in total. The van der Waals surface area contributed by atoms with Crippen molar-refractivity contribution >= 4 is 35.8 Å². The first-order chi connectivity index (χ1) is 10.6. The van der Waals surface area contributed by atoms with E-state index >= 15 is 0 Å². The largest absolute Gasteiger partial charge is 0.516 e. The van der Waals surface area contributed by atoms with E-state index < -0.39 is 28.2 Å². The van der Waals surface area contributed by atoms with E-state index in [2.05, 4.69) is 31.2 Å². The van der Waals surface area contributed by atoms with Crippen LogP contribution in [-0.2, 0) is 4.57 Å². The molecule has 0 saturated heterocycles. The number of benzene rings is 2. The lowest BCUT2D eigenvalue weighted by Gasteiger charge is -2.10. The van der Waals surface area contributed by atoms with Gasteiger partial charge in [0.15, 0.2) is 0 Å². The molecule has 0 amide bonds. The van der Waals surface area contributed by atoms with E-state index in [9.17, 15) is 4.79 Å². The van der Waals surface area contributed by atoms with Crippen molar-refractivity contribution in [1.82, 2.24) is 0 Å². The van der Waals surface area contributed by atoms with Gasteiger partial charge in [-0.2, -0.15) is 3.69 Å². The van der Waals surface area contributed by atoms with Crippen LogP contribution in [0, 0.1) is 20.8 Å². The maximum absolute atomic E-state index is 12.4. The molecule has 0 aliphatic carbocycles. The highest BCUT2D eigenvalue weighted by Gasteiger charge is 2.16. The van der Waals surface area contributed by atoms with Crippen molar-refractivity contribution in [3.8, 4) is 0 Å². The fourth-order valence-electron chi connectivity index (χ4n) is 2.49. The molecular formula is C16H19MgO5P. The summed E-state index contributed by atoms with van der Waals surface area (Å²) >= 11 is -0.879. The first kappa shape index (κ1) is 20.0. The molecule has 0 fully saturated rings. The molecule has 0 atom stereocenters. The van der Waals surface area contributed by atoms with Gasteiger partial charge in [-0.15, -0.1) is 0 Å². The number of hydrogen-bond donors (Lipinski definition) is 3. The van der Waals surface area contributed by atoms with Crippen LogP contribution in [0.4, 0.5) is 0 Å². The van der Waals surface area contributed by atoms with Gasteiger partial charge in [0, 0.05) is 3.91 Å². The highest BCUT2D eigenvalue weighted by molar-refractivity contribution is 7.45. The van der Waals surface area contributed by atoms with E-state index in [1.54, 1.807) is 0 Å². The maximum atomic E-state index is 12.4. The molecule has 2 rings (SSSR count). The van der Waals surface area contributed by atoms with Crippen LogP contribution in [0.15, 0.2) is 42.5 Å². The van der Waals surface area contributed by atoms with Gasteiger partial charge in [0.05, 0.1) is 0 Å². The Hall–Kier alpha value is -1.01. The summed E-state index contributed by atoms with van der Waals surface area (Å²) < 4.78 is 10.4. The molecule has 23 heavy (non-hydrogen) atoms. The van der Waals surface area contributed by atoms with Crippen molar-refractivity contribution in [2.45, 2.75) is 20.8 Å². The Bertz CT molecular complexity index is 693. The van der Waals surface area contributed by atoms with Crippen LogP contribution in [0.1, 0.15) is 27.0 Å². The van der Waals surface area contributed by atoms with E-state index in [-0.39, 0.29) is 0 Å². The summed E-state index contributed by atoms with van der Waals surface area (Å²) in [6.07, 6.45) is 0. The van der Waals surface area contributed by atoms with Crippen molar-refractivity contribution < 1.29 is 24.0 Å². The molecule has 0 spiro atoms. The van der Waals surface area contributed by atoms with Gasteiger partial charge in [0.25, 0.3) is 0 Å². The number of carbonyl (C=O) groups is 1. The maximum Gasteiger partial charge on any atom is 0.516 e.